The fraction of sp³-hybridized carbons (Fsp3) is 0.192. The molecular formula is C26H21Br2ClFN3O2. The Morgan fingerprint density at radius 1 is 1.11 bits per heavy atom. The van der Waals surface area contributed by atoms with Crippen molar-refractivity contribution >= 4 is 60.6 Å². The second-order valence-electron chi connectivity index (χ2n) is 8.94. The van der Waals surface area contributed by atoms with Gasteiger partial charge in [0.15, 0.2) is 5.75 Å². The van der Waals surface area contributed by atoms with Gasteiger partial charge >= 0.3 is 0 Å². The molecule has 180 valence electrons. The van der Waals surface area contributed by atoms with Crippen LogP contribution in [-0.4, -0.2) is 15.9 Å². The molecule has 0 amide bonds. The van der Waals surface area contributed by atoms with Crippen LogP contribution in [0.5, 0.6) is 5.75 Å². The zero-order chi connectivity index (χ0) is 25.3. The van der Waals surface area contributed by atoms with Gasteiger partial charge in [-0.1, -0.05) is 60.4 Å². The van der Waals surface area contributed by atoms with Gasteiger partial charge < -0.3 is 4.74 Å². The van der Waals surface area contributed by atoms with Gasteiger partial charge in [0.2, 0.25) is 0 Å². The van der Waals surface area contributed by atoms with Crippen LogP contribution in [0.4, 0.5) is 4.39 Å². The highest BCUT2D eigenvalue weighted by Gasteiger charge is 2.23. The maximum absolute atomic E-state index is 13.3. The monoisotopic (exact) mass is 619 g/mol. The van der Waals surface area contributed by atoms with Gasteiger partial charge in [0, 0.05) is 9.89 Å². The molecule has 0 atom stereocenters. The van der Waals surface area contributed by atoms with E-state index in [-0.39, 0.29) is 18.0 Å². The lowest BCUT2D eigenvalue weighted by atomic mass is 9.95. The Kier molecular flexibility index (Phi) is 7.45. The van der Waals surface area contributed by atoms with Crippen LogP contribution in [0.25, 0.3) is 10.9 Å². The number of halogens is 4. The van der Waals surface area contributed by atoms with E-state index in [0.29, 0.717) is 37.5 Å². The highest BCUT2D eigenvalue weighted by molar-refractivity contribution is 9.10. The zero-order valence-electron chi connectivity index (χ0n) is 19.2. The predicted octanol–water partition coefficient (Wildman–Crippen LogP) is 7.47. The standard InChI is InChI=1S/C26H21Br2ClFN3O2/c1-26(2,3)25-32-22-9-6-17(27)12-19(22)24(34)33(25)31-13-16-10-20(28)23(21(29)11-16)35-14-15-4-7-18(30)8-5-15/h4-13H,14H2,1-3H3. The minimum absolute atomic E-state index is 0.231. The molecule has 0 aliphatic carbocycles. The van der Waals surface area contributed by atoms with Crippen molar-refractivity contribution in [3.8, 4) is 5.75 Å². The van der Waals surface area contributed by atoms with Crippen molar-refractivity contribution in [1.29, 1.82) is 0 Å². The lowest BCUT2D eigenvalue weighted by Crippen LogP contribution is -2.29. The molecule has 4 aromatic rings. The number of benzene rings is 3. The third kappa shape index (κ3) is 5.82. The van der Waals surface area contributed by atoms with Crippen molar-refractivity contribution in [1.82, 2.24) is 9.66 Å². The Labute approximate surface area is 223 Å². The van der Waals surface area contributed by atoms with Crippen molar-refractivity contribution in [3.63, 3.8) is 0 Å². The van der Waals surface area contributed by atoms with Crippen LogP contribution in [0.1, 0.15) is 37.7 Å². The molecule has 0 saturated carbocycles. The molecule has 4 rings (SSSR count). The molecule has 35 heavy (non-hydrogen) atoms. The lowest BCUT2D eigenvalue weighted by molar-refractivity contribution is 0.304. The molecule has 0 N–H and O–H groups in total. The Morgan fingerprint density at radius 2 is 1.83 bits per heavy atom. The van der Waals surface area contributed by atoms with E-state index >= 15 is 0 Å². The summed E-state index contributed by atoms with van der Waals surface area (Å²) in [7, 11) is 0. The minimum atomic E-state index is -0.423. The Bertz CT molecular complexity index is 1470. The topological polar surface area (TPSA) is 56.5 Å². The van der Waals surface area contributed by atoms with E-state index in [2.05, 4.69) is 37.0 Å². The van der Waals surface area contributed by atoms with Gasteiger partial charge in [0.25, 0.3) is 5.56 Å². The van der Waals surface area contributed by atoms with Crippen molar-refractivity contribution in [3.05, 3.63) is 102 Å². The molecule has 0 saturated heterocycles. The molecule has 0 aliphatic heterocycles. The van der Waals surface area contributed by atoms with Crippen molar-refractivity contribution < 1.29 is 9.13 Å². The molecule has 0 spiro atoms. The van der Waals surface area contributed by atoms with Gasteiger partial charge in [-0.2, -0.15) is 9.78 Å². The van der Waals surface area contributed by atoms with E-state index < -0.39 is 5.41 Å². The molecule has 0 fully saturated rings. The Balaban J connectivity index is 1.68. The third-order valence-electron chi connectivity index (χ3n) is 5.12. The summed E-state index contributed by atoms with van der Waals surface area (Å²) in [4.78, 5) is 18.0. The molecule has 0 radical (unpaired) electrons. The van der Waals surface area contributed by atoms with Crippen LogP contribution >= 0.6 is 43.5 Å². The van der Waals surface area contributed by atoms with Crippen molar-refractivity contribution in [2.45, 2.75) is 32.8 Å². The average molecular weight is 622 g/mol. The third-order valence-corrected chi connectivity index (χ3v) is 6.48. The predicted molar refractivity (Wildman–Crippen MR) is 145 cm³/mol. The number of aromatic nitrogens is 2. The summed E-state index contributed by atoms with van der Waals surface area (Å²) in [6.45, 7) is 6.17. The highest BCUT2D eigenvalue weighted by Crippen LogP contribution is 2.35. The molecule has 0 aliphatic rings. The molecule has 3 aromatic carbocycles. The summed E-state index contributed by atoms with van der Waals surface area (Å²) in [5.41, 5.74) is 1.40. The highest BCUT2D eigenvalue weighted by atomic mass is 79.9. The van der Waals surface area contributed by atoms with Gasteiger partial charge in [-0.05, 0) is 69.5 Å². The number of nitrogens with zero attached hydrogens (tertiary/aromatic N) is 3. The molecular weight excluding hydrogens is 601 g/mol. The van der Waals surface area contributed by atoms with Crippen molar-refractivity contribution in [2.24, 2.45) is 5.10 Å². The molecule has 1 aromatic heterocycles. The summed E-state index contributed by atoms with van der Waals surface area (Å²) in [6, 6.07) is 15.0. The number of hydrogen-bond acceptors (Lipinski definition) is 4. The van der Waals surface area contributed by atoms with E-state index in [1.165, 1.54) is 16.8 Å². The summed E-state index contributed by atoms with van der Waals surface area (Å²) in [5.74, 6) is 0.690. The first-order chi connectivity index (χ1) is 16.5. The van der Waals surface area contributed by atoms with E-state index in [4.69, 9.17) is 21.3 Å². The van der Waals surface area contributed by atoms with E-state index in [9.17, 15) is 9.18 Å². The van der Waals surface area contributed by atoms with Crippen LogP contribution in [0.15, 0.2) is 73.4 Å². The number of rotatable bonds is 5. The van der Waals surface area contributed by atoms with E-state index in [0.717, 1.165) is 10.0 Å². The second-order valence-corrected chi connectivity index (χ2v) is 11.1. The van der Waals surface area contributed by atoms with Gasteiger partial charge in [-0.25, -0.2) is 9.37 Å². The zero-order valence-corrected chi connectivity index (χ0v) is 23.1. The summed E-state index contributed by atoms with van der Waals surface area (Å²) in [5, 5.41) is 5.31. The quantitative estimate of drug-likeness (QED) is 0.217. The minimum Gasteiger partial charge on any atom is -0.486 e. The second kappa shape index (κ2) is 10.2. The van der Waals surface area contributed by atoms with Crippen molar-refractivity contribution in [2.75, 3.05) is 0 Å². The Hall–Kier alpha value is -2.55. The van der Waals surface area contributed by atoms with E-state index in [1.807, 2.05) is 32.9 Å². The largest absolute Gasteiger partial charge is 0.486 e. The molecule has 5 nitrogen and oxygen atoms in total. The molecule has 1 heterocycles. The smallest absolute Gasteiger partial charge is 0.282 e. The average Bonchev–Trinajstić information content (AvgIpc) is 2.78. The van der Waals surface area contributed by atoms with Crippen LogP contribution in [-0.2, 0) is 12.0 Å². The first-order valence-corrected chi connectivity index (χ1v) is 12.6. The van der Waals surface area contributed by atoms with Gasteiger partial charge in [0.1, 0.15) is 18.2 Å². The van der Waals surface area contributed by atoms with Gasteiger partial charge in [0.05, 0.1) is 26.6 Å². The number of ether oxygens (including phenoxy) is 1. The molecule has 0 bridgehead atoms. The fourth-order valence-electron chi connectivity index (χ4n) is 3.39. The number of fused-ring (bicyclic) bond motifs is 1. The van der Waals surface area contributed by atoms with Crippen LogP contribution in [0.3, 0.4) is 0 Å². The SMILES string of the molecule is CC(C)(C)c1nc2ccc(Br)cc2c(=O)n1N=Cc1cc(Cl)c(OCc2ccc(F)cc2)c(Br)c1. The summed E-state index contributed by atoms with van der Waals surface area (Å²) in [6.07, 6.45) is 1.56. The van der Waals surface area contributed by atoms with Crippen LogP contribution in [0, 0.1) is 5.82 Å². The van der Waals surface area contributed by atoms with E-state index in [1.54, 1.807) is 36.5 Å². The van der Waals surface area contributed by atoms with Gasteiger partial charge in [-0.15, -0.1) is 0 Å². The molecule has 9 heteroatoms. The summed E-state index contributed by atoms with van der Waals surface area (Å²) >= 11 is 13.4. The normalized spacial score (nSPS) is 12.0. The lowest BCUT2D eigenvalue weighted by Gasteiger charge is -2.20. The van der Waals surface area contributed by atoms with Crippen LogP contribution in [0.2, 0.25) is 5.02 Å². The first-order valence-electron chi connectivity index (χ1n) is 10.7. The maximum Gasteiger partial charge on any atom is 0.282 e. The Morgan fingerprint density at radius 3 is 2.49 bits per heavy atom. The maximum atomic E-state index is 13.3. The first kappa shape index (κ1) is 25.5. The van der Waals surface area contributed by atoms with Gasteiger partial charge in [-0.3, -0.25) is 4.79 Å². The molecule has 0 unspecified atom stereocenters. The fourth-order valence-corrected chi connectivity index (χ4v) is 4.74. The number of hydrogen-bond donors (Lipinski definition) is 0. The summed E-state index contributed by atoms with van der Waals surface area (Å²) < 4.78 is 21.7. The van der Waals surface area contributed by atoms with Crippen LogP contribution < -0.4 is 10.3 Å².